The van der Waals surface area contributed by atoms with Crippen molar-refractivity contribution in [3.05, 3.63) is 22.3 Å². The Labute approximate surface area is 112 Å². The summed E-state index contributed by atoms with van der Waals surface area (Å²) in [6.45, 7) is 9.76. The fourth-order valence-corrected chi connectivity index (χ4v) is 2.36. The highest BCUT2D eigenvalue weighted by molar-refractivity contribution is 9.10. The first-order valence-corrected chi connectivity index (χ1v) is 6.79. The second-order valence-corrected chi connectivity index (χ2v) is 6.25. The van der Waals surface area contributed by atoms with Crippen LogP contribution >= 0.6 is 15.9 Å². The van der Waals surface area contributed by atoms with E-state index in [1.54, 1.807) is 0 Å². The minimum absolute atomic E-state index is 0.209. The van der Waals surface area contributed by atoms with Crippen molar-refractivity contribution in [2.45, 2.75) is 26.3 Å². The summed E-state index contributed by atoms with van der Waals surface area (Å²) in [6.07, 6.45) is 0. The van der Waals surface area contributed by atoms with Crippen LogP contribution in [0.15, 0.2) is 16.6 Å². The van der Waals surface area contributed by atoms with E-state index in [1.165, 1.54) is 0 Å². The van der Waals surface area contributed by atoms with Crippen LogP contribution in [-0.4, -0.2) is 42.1 Å². The number of pyridine rings is 1. The summed E-state index contributed by atoms with van der Waals surface area (Å²) in [4.78, 5) is 9.43. The Morgan fingerprint density at radius 2 is 2.00 bits per heavy atom. The molecule has 1 aliphatic heterocycles. The van der Waals surface area contributed by atoms with Crippen molar-refractivity contribution >= 4 is 21.7 Å². The van der Waals surface area contributed by atoms with E-state index in [-0.39, 0.29) is 5.54 Å². The van der Waals surface area contributed by atoms with Crippen LogP contribution in [0.2, 0.25) is 0 Å². The molecule has 0 bridgehead atoms. The molecule has 0 radical (unpaired) electrons. The monoisotopic (exact) mass is 297 g/mol. The Bertz CT molecular complexity index is 417. The summed E-state index contributed by atoms with van der Waals surface area (Å²) in [6, 6.07) is 4.18. The molecule has 0 spiro atoms. The van der Waals surface area contributed by atoms with Crippen molar-refractivity contribution in [3.63, 3.8) is 0 Å². The Hall–Kier alpha value is -0.610. The molecule has 2 heterocycles. The van der Waals surface area contributed by atoms with Crippen molar-refractivity contribution in [1.82, 2.24) is 9.88 Å². The van der Waals surface area contributed by atoms with E-state index in [0.717, 1.165) is 35.6 Å². The summed E-state index contributed by atoms with van der Waals surface area (Å²) in [5.74, 6) is 1.09. The van der Waals surface area contributed by atoms with Crippen molar-refractivity contribution in [1.29, 1.82) is 0 Å². The van der Waals surface area contributed by atoms with Gasteiger partial charge in [-0.3, -0.25) is 4.90 Å². The third kappa shape index (κ3) is 2.63. The van der Waals surface area contributed by atoms with Gasteiger partial charge in [-0.2, -0.15) is 0 Å². The molecule has 0 amide bonds. The van der Waals surface area contributed by atoms with Gasteiger partial charge in [0.25, 0.3) is 0 Å². The number of aryl methyl sites for hydroxylation is 1. The number of nitrogens with zero attached hydrogens (tertiary/aromatic N) is 3. The largest absolute Gasteiger partial charge is 0.353 e. The van der Waals surface area contributed by atoms with Gasteiger partial charge in [-0.25, -0.2) is 4.98 Å². The van der Waals surface area contributed by atoms with E-state index in [4.69, 9.17) is 0 Å². The highest BCUT2D eigenvalue weighted by Gasteiger charge is 2.31. The van der Waals surface area contributed by atoms with Gasteiger partial charge in [-0.1, -0.05) is 0 Å². The molecule has 94 valence electrons. The minimum atomic E-state index is 0.209. The Morgan fingerprint density at radius 1 is 1.29 bits per heavy atom. The lowest BCUT2D eigenvalue weighted by Crippen LogP contribution is -2.57. The number of rotatable bonds is 1. The number of halogens is 1. The normalized spacial score (nSPS) is 20.6. The molecule has 1 aliphatic rings. The summed E-state index contributed by atoms with van der Waals surface area (Å²) < 4.78 is 1.08. The zero-order valence-electron chi connectivity index (χ0n) is 11.0. The second-order valence-electron chi connectivity index (χ2n) is 5.39. The van der Waals surface area contributed by atoms with Crippen LogP contribution in [0.3, 0.4) is 0 Å². The molecule has 17 heavy (non-hydrogen) atoms. The SMILES string of the molecule is Cc1nc(N2CCN(C)C(C)(C)C2)ccc1Br. The Balaban J connectivity index is 2.21. The summed E-state index contributed by atoms with van der Waals surface area (Å²) in [5.41, 5.74) is 1.26. The van der Waals surface area contributed by atoms with Gasteiger partial charge in [0.15, 0.2) is 0 Å². The number of hydrogen-bond acceptors (Lipinski definition) is 3. The number of piperazine rings is 1. The fourth-order valence-electron chi connectivity index (χ4n) is 2.14. The molecule has 2 rings (SSSR count). The maximum atomic E-state index is 4.65. The number of likely N-dealkylation sites (N-methyl/N-ethyl adjacent to an activating group) is 1. The molecule has 0 atom stereocenters. The van der Waals surface area contributed by atoms with E-state index in [0.29, 0.717) is 0 Å². The van der Waals surface area contributed by atoms with Gasteiger partial charge < -0.3 is 4.90 Å². The Morgan fingerprint density at radius 3 is 2.59 bits per heavy atom. The maximum absolute atomic E-state index is 4.65. The molecule has 4 heteroatoms. The molecular formula is C13H20BrN3. The molecular weight excluding hydrogens is 278 g/mol. The van der Waals surface area contributed by atoms with Crippen molar-refractivity contribution in [2.75, 3.05) is 31.6 Å². The highest BCUT2D eigenvalue weighted by atomic mass is 79.9. The van der Waals surface area contributed by atoms with E-state index < -0.39 is 0 Å². The number of aromatic nitrogens is 1. The molecule has 0 aromatic carbocycles. The lowest BCUT2D eigenvalue weighted by Gasteiger charge is -2.45. The third-order valence-corrected chi connectivity index (χ3v) is 4.49. The summed E-state index contributed by atoms with van der Waals surface area (Å²) in [7, 11) is 2.19. The molecule has 0 aliphatic carbocycles. The standard InChI is InChI=1S/C13H20BrN3/c1-10-11(14)5-6-12(15-10)17-8-7-16(4)13(2,3)9-17/h5-6H,7-9H2,1-4H3. The van der Waals surface area contributed by atoms with Gasteiger partial charge in [0.05, 0.1) is 5.69 Å². The van der Waals surface area contributed by atoms with Gasteiger partial charge in [0.1, 0.15) is 5.82 Å². The van der Waals surface area contributed by atoms with Gasteiger partial charge in [0.2, 0.25) is 0 Å². The minimum Gasteiger partial charge on any atom is -0.353 e. The van der Waals surface area contributed by atoms with Crippen LogP contribution in [0.5, 0.6) is 0 Å². The van der Waals surface area contributed by atoms with E-state index in [9.17, 15) is 0 Å². The maximum Gasteiger partial charge on any atom is 0.128 e. The van der Waals surface area contributed by atoms with Crippen LogP contribution < -0.4 is 4.90 Å². The lowest BCUT2D eigenvalue weighted by atomic mass is 10.00. The van der Waals surface area contributed by atoms with Gasteiger partial charge in [-0.05, 0) is 55.9 Å². The number of anilines is 1. The van der Waals surface area contributed by atoms with E-state index in [1.807, 2.05) is 6.92 Å². The van der Waals surface area contributed by atoms with E-state index >= 15 is 0 Å². The zero-order valence-corrected chi connectivity index (χ0v) is 12.6. The molecule has 0 saturated carbocycles. The van der Waals surface area contributed by atoms with Crippen LogP contribution in [0.4, 0.5) is 5.82 Å². The highest BCUT2D eigenvalue weighted by Crippen LogP contribution is 2.25. The molecule has 3 nitrogen and oxygen atoms in total. The van der Waals surface area contributed by atoms with Crippen LogP contribution in [-0.2, 0) is 0 Å². The smallest absolute Gasteiger partial charge is 0.128 e. The van der Waals surface area contributed by atoms with Crippen molar-refractivity contribution < 1.29 is 0 Å². The zero-order chi connectivity index (χ0) is 12.6. The van der Waals surface area contributed by atoms with Gasteiger partial charge in [-0.15, -0.1) is 0 Å². The topological polar surface area (TPSA) is 19.4 Å². The fraction of sp³-hybridized carbons (Fsp3) is 0.615. The lowest BCUT2D eigenvalue weighted by molar-refractivity contribution is 0.138. The van der Waals surface area contributed by atoms with Gasteiger partial charge in [0, 0.05) is 29.6 Å². The first-order chi connectivity index (χ1) is 7.90. The first kappa shape index (κ1) is 12.8. The molecule has 0 unspecified atom stereocenters. The van der Waals surface area contributed by atoms with Crippen molar-refractivity contribution in [2.24, 2.45) is 0 Å². The predicted octanol–water partition coefficient (Wildman–Crippen LogP) is 2.68. The second kappa shape index (κ2) is 4.58. The molecule has 1 aromatic rings. The van der Waals surface area contributed by atoms with Crippen LogP contribution in [0.1, 0.15) is 19.5 Å². The Kier molecular flexibility index (Phi) is 3.46. The third-order valence-electron chi connectivity index (χ3n) is 3.65. The molecule has 0 N–H and O–H groups in total. The van der Waals surface area contributed by atoms with Gasteiger partial charge >= 0.3 is 0 Å². The quantitative estimate of drug-likeness (QED) is 0.794. The van der Waals surface area contributed by atoms with Crippen LogP contribution in [0, 0.1) is 6.92 Å². The average molecular weight is 298 g/mol. The van der Waals surface area contributed by atoms with Crippen LogP contribution in [0.25, 0.3) is 0 Å². The molecule has 1 aromatic heterocycles. The summed E-state index contributed by atoms with van der Waals surface area (Å²) >= 11 is 3.50. The van der Waals surface area contributed by atoms with E-state index in [2.05, 4.69) is 63.7 Å². The summed E-state index contributed by atoms with van der Waals surface area (Å²) in [5, 5.41) is 0. The predicted molar refractivity (Wildman–Crippen MR) is 75.6 cm³/mol. The number of hydrogen-bond donors (Lipinski definition) is 0. The molecule has 1 fully saturated rings. The van der Waals surface area contributed by atoms with Crippen molar-refractivity contribution in [3.8, 4) is 0 Å². The average Bonchev–Trinajstić information content (AvgIpc) is 2.26. The molecule has 1 saturated heterocycles. The first-order valence-electron chi connectivity index (χ1n) is 5.99.